The van der Waals surface area contributed by atoms with Crippen molar-refractivity contribution in [2.75, 3.05) is 11.5 Å². The van der Waals surface area contributed by atoms with Crippen LogP contribution in [0.1, 0.15) is 43.9 Å². The molecule has 4 rings (SSSR count). The van der Waals surface area contributed by atoms with Crippen LogP contribution in [0.25, 0.3) is 0 Å². The maximum atomic E-state index is 13.7. The Balaban J connectivity index is 1.88. The lowest BCUT2D eigenvalue weighted by molar-refractivity contribution is -0.155. The van der Waals surface area contributed by atoms with Crippen molar-refractivity contribution in [3.63, 3.8) is 0 Å². The van der Waals surface area contributed by atoms with Gasteiger partial charge in [-0.2, -0.15) is 0 Å². The molecule has 6 nitrogen and oxygen atoms in total. The Morgan fingerprint density at radius 1 is 1.03 bits per heavy atom. The summed E-state index contributed by atoms with van der Waals surface area (Å²) in [6, 6.07) is 16.3. The number of rotatable bonds is 6. The quantitative estimate of drug-likeness (QED) is 0.571. The second-order valence-corrected chi connectivity index (χ2v) is 8.27. The molecule has 0 saturated carbocycles. The molecule has 1 N–H and O–H groups in total. The Morgan fingerprint density at radius 2 is 1.71 bits per heavy atom. The Hall–Kier alpha value is -2.99. The van der Waals surface area contributed by atoms with Gasteiger partial charge >= 0.3 is 5.97 Å². The minimum atomic E-state index is -1.24. The van der Waals surface area contributed by atoms with Gasteiger partial charge in [0.15, 0.2) is 0 Å². The lowest BCUT2D eigenvalue weighted by atomic mass is 9.76. The largest absolute Gasteiger partial charge is 0.465 e. The number of hydrogen-bond donors (Lipinski definition) is 1. The van der Waals surface area contributed by atoms with Crippen LogP contribution in [0.2, 0.25) is 0 Å². The third kappa shape index (κ3) is 3.26. The smallest absolute Gasteiger partial charge is 0.327 e. The number of amides is 2. The van der Waals surface area contributed by atoms with E-state index in [1.165, 1.54) is 4.90 Å². The number of anilines is 1. The minimum absolute atomic E-state index is 0.211. The van der Waals surface area contributed by atoms with Crippen molar-refractivity contribution in [3.8, 4) is 0 Å². The summed E-state index contributed by atoms with van der Waals surface area (Å²) in [5.41, 5.74) is 1.23. The van der Waals surface area contributed by atoms with Crippen molar-refractivity contribution in [2.24, 2.45) is 11.8 Å². The van der Waals surface area contributed by atoms with E-state index in [1.807, 2.05) is 44.2 Å². The molecule has 2 aliphatic rings. The number of imide groups is 1. The van der Waals surface area contributed by atoms with Crippen LogP contribution in [0, 0.1) is 18.8 Å². The standard InChI is InChI=1S/C25H28N2O4/c1-4-15-25(24(30)31-5-2)20-19(21(26-25)18-14-10-9-11-16(18)3)22(28)27(23(20)29)17-12-7-6-8-13-17/h6-14,19-21,26H,4-5,15H2,1-3H3. The van der Waals surface area contributed by atoms with Gasteiger partial charge in [-0.15, -0.1) is 0 Å². The molecule has 6 heteroatoms. The normalized spacial score (nSPS) is 27.5. The Bertz CT molecular complexity index is 1010. The van der Waals surface area contributed by atoms with Gasteiger partial charge in [0.1, 0.15) is 5.54 Å². The molecular weight excluding hydrogens is 392 g/mol. The van der Waals surface area contributed by atoms with E-state index in [-0.39, 0.29) is 18.4 Å². The number of hydrogen-bond acceptors (Lipinski definition) is 5. The first-order chi connectivity index (χ1) is 15.0. The molecule has 0 aliphatic carbocycles. The van der Waals surface area contributed by atoms with Crippen LogP contribution in [-0.2, 0) is 19.1 Å². The number of fused-ring (bicyclic) bond motifs is 1. The SMILES string of the molecule is CCCC1(C(=O)OCC)NC(c2ccccc2C)C2C(=O)N(c3ccccc3)C(=O)C21. The molecule has 0 bridgehead atoms. The second-order valence-electron chi connectivity index (χ2n) is 8.27. The third-order valence-electron chi connectivity index (χ3n) is 6.48. The van der Waals surface area contributed by atoms with Gasteiger partial charge in [0.25, 0.3) is 0 Å². The molecule has 4 unspecified atom stereocenters. The summed E-state index contributed by atoms with van der Waals surface area (Å²) in [5.74, 6) is -2.57. The fourth-order valence-electron chi connectivity index (χ4n) is 5.21. The molecule has 0 spiro atoms. The zero-order chi connectivity index (χ0) is 22.2. The summed E-state index contributed by atoms with van der Waals surface area (Å²) in [4.78, 5) is 41.9. The molecule has 0 radical (unpaired) electrons. The van der Waals surface area contributed by atoms with Crippen LogP contribution in [0.3, 0.4) is 0 Å². The Labute approximate surface area is 182 Å². The van der Waals surface area contributed by atoms with Crippen molar-refractivity contribution >= 4 is 23.5 Å². The maximum absolute atomic E-state index is 13.7. The van der Waals surface area contributed by atoms with Crippen molar-refractivity contribution < 1.29 is 19.1 Å². The third-order valence-corrected chi connectivity index (χ3v) is 6.48. The van der Waals surface area contributed by atoms with Crippen LogP contribution in [-0.4, -0.2) is 29.9 Å². The summed E-state index contributed by atoms with van der Waals surface area (Å²) >= 11 is 0. The number of esters is 1. The maximum Gasteiger partial charge on any atom is 0.327 e. The summed E-state index contributed by atoms with van der Waals surface area (Å²) < 4.78 is 5.45. The van der Waals surface area contributed by atoms with Gasteiger partial charge < -0.3 is 4.74 Å². The van der Waals surface area contributed by atoms with Crippen LogP contribution < -0.4 is 10.2 Å². The number of carbonyl (C=O) groups is 3. The number of nitrogens with one attached hydrogen (secondary N) is 1. The van der Waals surface area contributed by atoms with E-state index >= 15 is 0 Å². The molecule has 2 aromatic rings. The number of nitrogens with zero attached hydrogens (tertiary/aromatic N) is 1. The number of para-hydroxylation sites is 1. The monoisotopic (exact) mass is 420 g/mol. The predicted molar refractivity (Wildman–Crippen MR) is 117 cm³/mol. The number of aryl methyl sites for hydroxylation is 1. The highest BCUT2D eigenvalue weighted by atomic mass is 16.5. The molecule has 2 heterocycles. The molecule has 162 valence electrons. The van der Waals surface area contributed by atoms with E-state index in [1.54, 1.807) is 31.2 Å². The van der Waals surface area contributed by atoms with Gasteiger partial charge in [-0.25, -0.2) is 4.90 Å². The lowest BCUT2D eigenvalue weighted by Gasteiger charge is -2.32. The van der Waals surface area contributed by atoms with Gasteiger partial charge in [0.05, 0.1) is 24.1 Å². The zero-order valence-corrected chi connectivity index (χ0v) is 18.1. The summed E-state index contributed by atoms with van der Waals surface area (Å²) in [5, 5.41) is 3.44. The van der Waals surface area contributed by atoms with Gasteiger partial charge in [0, 0.05) is 6.04 Å². The summed E-state index contributed by atoms with van der Waals surface area (Å²) in [6.45, 7) is 5.91. The summed E-state index contributed by atoms with van der Waals surface area (Å²) in [6.07, 6.45) is 1.08. The van der Waals surface area contributed by atoms with Crippen molar-refractivity contribution in [3.05, 3.63) is 65.7 Å². The van der Waals surface area contributed by atoms with Crippen LogP contribution in [0.15, 0.2) is 54.6 Å². The van der Waals surface area contributed by atoms with Crippen molar-refractivity contribution in [1.29, 1.82) is 0 Å². The average molecular weight is 421 g/mol. The molecule has 2 amide bonds. The van der Waals surface area contributed by atoms with E-state index in [9.17, 15) is 14.4 Å². The molecule has 2 fully saturated rings. The molecule has 2 aromatic carbocycles. The van der Waals surface area contributed by atoms with Crippen LogP contribution in [0.5, 0.6) is 0 Å². The highest BCUT2D eigenvalue weighted by molar-refractivity contribution is 6.24. The highest BCUT2D eigenvalue weighted by Crippen LogP contribution is 2.52. The molecule has 2 saturated heterocycles. The van der Waals surface area contributed by atoms with Crippen LogP contribution in [0.4, 0.5) is 5.69 Å². The topological polar surface area (TPSA) is 75.7 Å². The lowest BCUT2D eigenvalue weighted by Crippen LogP contribution is -2.56. The first kappa shape index (κ1) is 21.2. The fraction of sp³-hybridized carbons (Fsp3) is 0.400. The van der Waals surface area contributed by atoms with E-state index < -0.39 is 29.4 Å². The van der Waals surface area contributed by atoms with Crippen molar-refractivity contribution in [1.82, 2.24) is 5.32 Å². The first-order valence-electron chi connectivity index (χ1n) is 10.9. The Kier molecular flexibility index (Phi) is 5.67. The van der Waals surface area contributed by atoms with Gasteiger partial charge in [0.2, 0.25) is 11.8 Å². The number of ether oxygens (including phenoxy) is 1. The minimum Gasteiger partial charge on any atom is -0.465 e. The van der Waals surface area contributed by atoms with E-state index in [0.29, 0.717) is 18.5 Å². The number of benzene rings is 2. The predicted octanol–water partition coefficient (Wildman–Crippen LogP) is 3.55. The van der Waals surface area contributed by atoms with E-state index in [0.717, 1.165) is 11.1 Å². The second kappa shape index (κ2) is 8.27. The fourth-order valence-corrected chi connectivity index (χ4v) is 5.21. The molecule has 2 aliphatic heterocycles. The van der Waals surface area contributed by atoms with E-state index in [2.05, 4.69) is 5.32 Å². The van der Waals surface area contributed by atoms with E-state index in [4.69, 9.17) is 4.74 Å². The molecule has 4 atom stereocenters. The van der Waals surface area contributed by atoms with Gasteiger partial charge in [-0.1, -0.05) is 55.8 Å². The average Bonchev–Trinajstić information content (AvgIpc) is 3.24. The first-order valence-corrected chi connectivity index (χ1v) is 10.9. The van der Waals surface area contributed by atoms with Crippen molar-refractivity contribution in [2.45, 2.75) is 45.2 Å². The molecule has 31 heavy (non-hydrogen) atoms. The molecular formula is C25H28N2O4. The van der Waals surface area contributed by atoms with Gasteiger partial charge in [-0.3, -0.25) is 19.7 Å². The number of carbonyl (C=O) groups excluding carboxylic acids is 3. The van der Waals surface area contributed by atoms with Gasteiger partial charge in [-0.05, 0) is 43.5 Å². The highest BCUT2D eigenvalue weighted by Gasteiger charge is 2.68. The summed E-state index contributed by atoms with van der Waals surface area (Å²) in [7, 11) is 0. The Morgan fingerprint density at radius 3 is 2.35 bits per heavy atom. The molecule has 0 aromatic heterocycles. The zero-order valence-electron chi connectivity index (χ0n) is 18.1. The van der Waals surface area contributed by atoms with Crippen LogP contribution >= 0.6 is 0 Å².